The first-order chi connectivity index (χ1) is 5.93. The van der Waals surface area contributed by atoms with Gasteiger partial charge in [-0.15, -0.1) is 0 Å². The van der Waals surface area contributed by atoms with Gasteiger partial charge in [0.2, 0.25) is 0 Å². The Bertz CT molecular complexity index is 298. The predicted molar refractivity (Wildman–Crippen MR) is 52.1 cm³/mol. The summed E-state index contributed by atoms with van der Waals surface area (Å²) in [4.78, 5) is 0. The minimum atomic E-state index is -4.37. The van der Waals surface area contributed by atoms with Crippen LogP contribution in [0.2, 0.25) is 0 Å². The highest BCUT2D eigenvalue weighted by atomic mass is 127. The maximum Gasteiger partial charge on any atom is 0.407 e. The van der Waals surface area contributed by atoms with Gasteiger partial charge in [0, 0.05) is 3.57 Å². The van der Waals surface area contributed by atoms with Crippen molar-refractivity contribution < 1.29 is 13.2 Å². The van der Waals surface area contributed by atoms with Crippen LogP contribution in [0.4, 0.5) is 13.2 Å². The van der Waals surface area contributed by atoms with E-state index in [0.29, 0.717) is 3.57 Å². The molecule has 0 bridgehead atoms. The zero-order valence-electron chi connectivity index (χ0n) is 6.48. The Labute approximate surface area is 87.3 Å². The second-order valence-electron chi connectivity index (χ2n) is 2.54. The monoisotopic (exact) mass is 301 g/mol. The van der Waals surface area contributed by atoms with Gasteiger partial charge in [0.05, 0.1) is 0 Å². The van der Waals surface area contributed by atoms with Gasteiger partial charge >= 0.3 is 6.18 Å². The highest BCUT2D eigenvalue weighted by molar-refractivity contribution is 14.1. The van der Waals surface area contributed by atoms with Crippen molar-refractivity contribution in [1.82, 2.24) is 0 Å². The van der Waals surface area contributed by atoms with Gasteiger partial charge in [0.25, 0.3) is 0 Å². The molecule has 2 N–H and O–H groups in total. The van der Waals surface area contributed by atoms with Crippen molar-refractivity contribution in [3.05, 3.63) is 33.4 Å². The number of nitrogens with two attached hydrogens (primary N) is 1. The third-order valence-corrected chi connectivity index (χ3v) is 2.58. The molecular formula is C8H7F3IN. The number of alkyl halides is 3. The molecule has 1 aromatic rings. The van der Waals surface area contributed by atoms with E-state index in [1.54, 1.807) is 18.2 Å². The van der Waals surface area contributed by atoms with Crippen molar-refractivity contribution in [1.29, 1.82) is 0 Å². The first-order valence-electron chi connectivity index (χ1n) is 3.49. The van der Waals surface area contributed by atoms with Crippen molar-refractivity contribution in [3.8, 4) is 0 Å². The molecule has 1 atom stereocenters. The van der Waals surface area contributed by atoms with Crippen LogP contribution in [-0.2, 0) is 0 Å². The average molecular weight is 301 g/mol. The molecule has 0 aliphatic carbocycles. The van der Waals surface area contributed by atoms with Crippen molar-refractivity contribution in [2.75, 3.05) is 0 Å². The normalized spacial score (nSPS) is 14.2. The Morgan fingerprint density at radius 3 is 2.23 bits per heavy atom. The van der Waals surface area contributed by atoms with Gasteiger partial charge in [-0.2, -0.15) is 13.2 Å². The zero-order valence-corrected chi connectivity index (χ0v) is 8.63. The van der Waals surface area contributed by atoms with E-state index < -0.39 is 12.2 Å². The number of hydrogen-bond acceptors (Lipinski definition) is 1. The molecule has 0 aliphatic heterocycles. The van der Waals surface area contributed by atoms with Gasteiger partial charge in [0.15, 0.2) is 0 Å². The molecule has 1 aromatic carbocycles. The standard InChI is InChI=1S/C8H7F3IN/c9-8(10,11)7(13)5-3-1-2-4-6(5)12/h1-4,7H,13H2/t7-/m1/s1. The second kappa shape index (κ2) is 3.83. The SMILES string of the molecule is N[C@H](c1ccccc1I)C(F)(F)F. The van der Waals surface area contributed by atoms with Crippen LogP contribution in [0, 0.1) is 3.57 Å². The van der Waals surface area contributed by atoms with Gasteiger partial charge in [-0.3, -0.25) is 0 Å². The summed E-state index contributed by atoms with van der Waals surface area (Å²) in [6.07, 6.45) is -4.37. The summed E-state index contributed by atoms with van der Waals surface area (Å²) >= 11 is 1.84. The van der Waals surface area contributed by atoms with Gasteiger partial charge in [0.1, 0.15) is 6.04 Å². The van der Waals surface area contributed by atoms with Crippen LogP contribution in [0.1, 0.15) is 11.6 Å². The summed E-state index contributed by atoms with van der Waals surface area (Å²) in [5, 5.41) is 0. The fourth-order valence-electron chi connectivity index (χ4n) is 0.904. The van der Waals surface area contributed by atoms with E-state index in [9.17, 15) is 13.2 Å². The molecule has 13 heavy (non-hydrogen) atoms. The van der Waals surface area contributed by atoms with Crippen LogP contribution in [0.25, 0.3) is 0 Å². The van der Waals surface area contributed by atoms with Crippen LogP contribution in [0.15, 0.2) is 24.3 Å². The topological polar surface area (TPSA) is 26.0 Å². The fourth-order valence-corrected chi connectivity index (χ4v) is 1.63. The molecule has 0 aliphatic rings. The fraction of sp³-hybridized carbons (Fsp3) is 0.250. The van der Waals surface area contributed by atoms with E-state index in [1.165, 1.54) is 6.07 Å². The summed E-state index contributed by atoms with van der Waals surface area (Å²) in [7, 11) is 0. The lowest BCUT2D eigenvalue weighted by atomic mass is 10.1. The Balaban J connectivity index is 3.02. The van der Waals surface area contributed by atoms with Gasteiger partial charge < -0.3 is 5.73 Å². The van der Waals surface area contributed by atoms with Gasteiger partial charge in [-0.05, 0) is 34.2 Å². The van der Waals surface area contributed by atoms with E-state index >= 15 is 0 Å². The molecule has 0 spiro atoms. The number of halogens is 4. The maximum atomic E-state index is 12.2. The van der Waals surface area contributed by atoms with E-state index in [1.807, 2.05) is 22.6 Å². The minimum absolute atomic E-state index is 0.121. The Hall–Kier alpha value is -0.300. The Morgan fingerprint density at radius 1 is 1.23 bits per heavy atom. The van der Waals surface area contributed by atoms with Crippen LogP contribution < -0.4 is 5.73 Å². The van der Waals surface area contributed by atoms with E-state index in [0.717, 1.165) is 0 Å². The first-order valence-corrected chi connectivity index (χ1v) is 4.57. The first kappa shape index (κ1) is 10.8. The number of rotatable bonds is 1. The molecule has 5 heteroatoms. The average Bonchev–Trinajstić information content (AvgIpc) is 2.02. The molecule has 0 radical (unpaired) electrons. The lowest BCUT2D eigenvalue weighted by Gasteiger charge is -2.16. The third kappa shape index (κ3) is 2.57. The van der Waals surface area contributed by atoms with Gasteiger partial charge in [-0.25, -0.2) is 0 Å². The van der Waals surface area contributed by atoms with Crippen LogP contribution in [0.5, 0.6) is 0 Å². The molecule has 0 unspecified atom stereocenters. The van der Waals surface area contributed by atoms with E-state index in [-0.39, 0.29) is 5.56 Å². The summed E-state index contributed by atoms with van der Waals surface area (Å²) < 4.78 is 37.1. The summed E-state index contributed by atoms with van der Waals surface area (Å²) in [5.41, 5.74) is 5.16. The van der Waals surface area contributed by atoms with Crippen molar-refractivity contribution in [2.45, 2.75) is 12.2 Å². The van der Waals surface area contributed by atoms with Crippen LogP contribution in [-0.4, -0.2) is 6.18 Å². The minimum Gasteiger partial charge on any atom is -0.316 e. The molecule has 0 saturated carbocycles. The Morgan fingerprint density at radius 2 is 1.77 bits per heavy atom. The molecule has 0 saturated heterocycles. The molecule has 72 valence electrons. The van der Waals surface area contributed by atoms with Crippen molar-refractivity contribution in [2.24, 2.45) is 5.73 Å². The summed E-state index contributed by atoms with van der Waals surface area (Å²) in [6, 6.07) is 4.32. The third-order valence-electron chi connectivity index (χ3n) is 1.59. The van der Waals surface area contributed by atoms with Crippen LogP contribution in [0.3, 0.4) is 0 Å². The number of hydrogen-bond donors (Lipinski definition) is 1. The number of benzene rings is 1. The van der Waals surface area contributed by atoms with Gasteiger partial charge in [-0.1, -0.05) is 18.2 Å². The van der Waals surface area contributed by atoms with Crippen LogP contribution >= 0.6 is 22.6 Å². The molecule has 1 rings (SSSR count). The lowest BCUT2D eigenvalue weighted by molar-refractivity contribution is -0.149. The largest absolute Gasteiger partial charge is 0.407 e. The van der Waals surface area contributed by atoms with Crippen molar-refractivity contribution >= 4 is 22.6 Å². The highest BCUT2D eigenvalue weighted by Gasteiger charge is 2.38. The molecule has 0 heterocycles. The molecular weight excluding hydrogens is 294 g/mol. The van der Waals surface area contributed by atoms with E-state index in [4.69, 9.17) is 5.73 Å². The molecule has 1 nitrogen and oxygen atoms in total. The highest BCUT2D eigenvalue weighted by Crippen LogP contribution is 2.32. The van der Waals surface area contributed by atoms with E-state index in [2.05, 4.69) is 0 Å². The predicted octanol–water partition coefficient (Wildman–Crippen LogP) is 2.85. The summed E-state index contributed by atoms with van der Waals surface area (Å²) in [5.74, 6) is 0. The quantitative estimate of drug-likeness (QED) is 0.793. The Kier molecular flexibility index (Phi) is 3.18. The maximum absolute atomic E-state index is 12.2. The molecule has 0 amide bonds. The zero-order chi connectivity index (χ0) is 10.1. The molecule has 0 aromatic heterocycles. The second-order valence-corrected chi connectivity index (χ2v) is 3.70. The lowest BCUT2D eigenvalue weighted by Crippen LogP contribution is -2.29. The van der Waals surface area contributed by atoms with Crippen molar-refractivity contribution in [3.63, 3.8) is 0 Å². The summed E-state index contributed by atoms with van der Waals surface area (Å²) in [6.45, 7) is 0. The molecule has 0 fully saturated rings. The smallest absolute Gasteiger partial charge is 0.316 e.